The van der Waals surface area contributed by atoms with Crippen molar-refractivity contribution in [3.8, 4) is 11.5 Å². The highest BCUT2D eigenvalue weighted by Crippen LogP contribution is 2.25. The molecule has 0 radical (unpaired) electrons. The third kappa shape index (κ3) is 6.73. The largest absolute Gasteiger partial charge is 0.494 e. The monoisotopic (exact) mass is 391 g/mol. The van der Waals surface area contributed by atoms with Gasteiger partial charge >= 0.3 is 0 Å². The van der Waals surface area contributed by atoms with Crippen LogP contribution in [-0.2, 0) is 12.8 Å². The minimum absolute atomic E-state index is 0. The van der Waals surface area contributed by atoms with Crippen molar-refractivity contribution < 1.29 is 14.6 Å². The fourth-order valence-corrected chi connectivity index (χ4v) is 3.44. The molecule has 148 valence electrons. The first-order valence-electron chi connectivity index (χ1n) is 9.58. The van der Waals surface area contributed by atoms with Gasteiger partial charge in [-0.3, -0.25) is 0 Å². The number of rotatable bonds is 8. The van der Waals surface area contributed by atoms with Crippen molar-refractivity contribution in [3.05, 3.63) is 59.7 Å². The Bertz CT molecular complexity index is 681. The summed E-state index contributed by atoms with van der Waals surface area (Å²) >= 11 is 0. The van der Waals surface area contributed by atoms with Crippen molar-refractivity contribution in [2.24, 2.45) is 0 Å². The van der Waals surface area contributed by atoms with Gasteiger partial charge in [0.2, 0.25) is 0 Å². The summed E-state index contributed by atoms with van der Waals surface area (Å²) in [6.45, 7) is 3.54. The molecule has 2 aromatic rings. The van der Waals surface area contributed by atoms with E-state index in [0.717, 1.165) is 37.2 Å². The maximum atomic E-state index is 10.2. The van der Waals surface area contributed by atoms with Crippen LogP contribution in [0.4, 0.5) is 0 Å². The summed E-state index contributed by atoms with van der Waals surface area (Å²) in [5.74, 6) is 1.74. The highest BCUT2D eigenvalue weighted by molar-refractivity contribution is 5.85. The number of nitrogens with one attached hydrogen (secondary N) is 1. The van der Waals surface area contributed by atoms with Crippen LogP contribution >= 0.6 is 12.4 Å². The van der Waals surface area contributed by atoms with E-state index < -0.39 is 6.10 Å². The standard InChI is InChI=1S/C22H29NO3.ClH/c1-2-25-22-12-11-17-7-6-8-19(13-18(17)14-22)23-15-20(24)16-26-21-9-4-3-5-10-21;/h3-5,9-12,14,19-20,23-24H,2,6-8,13,15-16H2,1H3;1H/t19?,20-;/m0./s1. The van der Waals surface area contributed by atoms with Gasteiger partial charge in [-0.15, -0.1) is 12.4 Å². The SMILES string of the molecule is CCOc1ccc2c(c1)CC(NC[C@H](O)COc1ccccc1)CCC2.Cl. The summed E-state index contributed by atoms with van der Waals surface area (Å²) < 4.78 is 11.3. The number of benzene rings is 2. The zero-order valence-corrected chi connectivity index (χ0v) is 16.7. The Kier molecular flexibility index (Phi) is 8.92. The zero-order chi connectivity index (χ0) is 18.2. The second kappa shape index (κ2) is 11.2. The van der Waals surface area contributed by atoms with Crippen LogP contribution in [0.3, 0.4) is 0 Å². The van der Waals surface area contributed by atoms with E-state index in [2.05, 4.69) is 23.5 Å². The predicted octanol–water partition coefficient (Wildman–Crippen LogP) is 3.78. The van der Waals surface area contributed by atoms with Crippen LogP contribution in [0.2, 0.25) is 0 Å². The summed E-state index contributed by atoms with van der Waals surface area (Å²) in [7, 11) is 0. The molecule has 0 aromatic heterocycles. The molecule has 5 heteroatoms. The predicted molar refractivity (Wildman–Crippen MR) is 111 cm³/mol. The van der Waals surface area contributed by atoms with Crippen molar-refractivity contribution in [2.75, 3.05) is 19.8 Å². The number of para-hydroxylation sites is 1. The number of aryl methyl sites for hydroxylation is 1. The van der Waals surface area contributed by atoms with Gasteiger partial charge in [0.05, 0.1) is 6.61 Å². The lowest BCUT2D eigenvalue weighted by molar-refractivity contribution is 0.103. The Morgan fingerprint density at radius 1 is 1.07 bits per heavy atom. The number of halogens is 1. The molecule has 27 heavy (non-hydrogen) atoms. The molecule has 0 heterocycles. The molecule has 0 fully saturated rings. The summed E-state index contributed by atoms with van der Waals surface area (Å²) in [6.07, 6.45) is 3.84. The molecule has 3 rings (SSSR count). The molecule has 4 nitrogen and oxygen atoms in total. The minimum atomic E-state index is -0.521. The average Bonchev–Trinajstić information content (AvgIpc) is 2.87. The molecule has 0 amide bonds. The van der Waals surface area contributed by atoms with Crippen LogP contribution in [-0.4, -0.2) is 37.0 Å². The first-order valence-corrected chi connectivity index (χ1v) is 9.58. The van der Waals surface area contributed by atoms with Gasteiger partial charge in [0.1, 0.15) is 24.2 Å². The molecular formula is C22H30ClNO3. The minimum Gasteiger partial charge on any atom is -0.494 e. The molecule has 0 aliphatic heterocycles. The van der Waals surface area contributed by atoms with Crippen molar-refractivity contribution in [1.29, 1.82) is 0 Å². The van der Waals surface area contributed by atoms with Gasteiger partial charge in [-0.2, -0.15) is 0 Å². The van der Waals surface area contributed by atoms with E-state index in [9.17, 15) is 5.11 Å². The zero-order valence-electron chi connectivity index (χ0n) is 15.9. The topological polar surface area (TPSA) is 50.7 Å². The fourth-order valence-electron chi connectivity index (χ4n) is 3.44. The summed E-state index contributed by atoms with van der Waals surface area (Å²) in [5.41, 5.74) is 2.78. The molecule has 1 aliphatic rings. The number of aliphatic hydroxyl groups is 1. The number of hydrogen-bond donors (Lipinski definition) is 2. The van der Waals surface area contributed by atoms with Gasteiger partial charge in [-0.05, 0) is 68.0 Å². The summed E-state index contributed by atoms with van der Waals surface area (Å²) in [5, 5.41) is 13.7. The third-order valence-electron chi connectivity index (χ3n) is 4.78. The van der Waals surface area contributed by atoms with Gasteiger partial charge < -0.3 is 19.9 Å². The van der Waals surface area contributed by atoms with E-state index in [1.54, 1.807) is 0 Å². The van der Waals surface area contributed by atoms with Crippen LogP contribution in [0.25, 0.3) is 0 Å². The molecule has 0 saturated heterocycles. The van der Waals surface area contributed by atoms with Gasteiger partial charge in [0, 0.05) is 12.6 Å². The maximum absolute atomic E-state index is 10.2. The van der Waals surface area contributed by atoms with E-state index in [0.29, 0.717) is 25.8 Å². The van der Waals surface area contributed by atoms with Crippen molar-refractivity contribution in [3.63, 3.8) is 0 Å². The number of ether oxygens (including phenoxy) is 2. The Morgan fingerprint density at radius 2 is 1.89 bits per heavy atom. The third-order valence-corrected chi connectivity index (χ3v) is 4.78. The Balaban J connectivity index is 0.00000261. The maximum Gasteiger partial charge on any atom is 0.119 e. The summed E-state index contributed by atoms with van der Waals surface area (Å²) in [4.78, 5) is 0. The van der Waals surface area contributed by atoms with Crippen LogP contribution < -0.4 is 14.8 Å². The molecular weight excluding hydrogens is 362 g/mol. The van der Waals surface area contributed by atoms with E-state index >= 15 is 0 Å². The Labute approximate surface area is 168 Å². The summed E-state index contributed by atoms with van der Waals surface area (Å²) in [6, 6.07) is 16.4. The van der Waals surface area contributed by atoms with E-state index in [4.69, 9.17) is 9.47 Å². The lowest BCUT2D eigenvalue weighted by Crippen LogP contribution is -2.39. The molecule has 0 saturated carbocycles. The lowest BCUT2D eigenvalue weighted by Gasteiger charge is -2.20. The van der Waals surface area contributed by atoms with Gasteiger partial charge in [0.25, 0.3) is 0 Å². The number of hydrogen-bond acceptors (Lipinski definition) is 4. The molecule has 2 atom stereocenters. The molecule has 2 aromatic carbocycles. The van der Waals surface area contributed by atoms with Crippen molar-refractivity contribution in [2.45, 2.75) is 44.8 Å². The van der Waals surface area contributed by atoms with Crippen LogP contribution in [0.1, 0.15) is 30.9 Å². The molecule has 1 aliphatic carbocycles. The second-order valence-corrected chi connectivity index (χ2v) is 6.84. The molecule has 0 bridgehead atoms. The quantitative estimate of drug-likeness (QED) is 0.672. The fraction of sp³-hybridized carbons (Fsp3) is 0.455. The smallest absolute Gasteiger partial charge is 0.119 e. The lowest BCUT2D eigenvalue weighted by atomic mass is 10.0. The van der Waals surface area contributed by atoms with Crippen LogP contribution in [0, 0.1) is 0 Å². The molecule has 2 N–H and O–H groups in total. The molecule has 0 spiro atoms. The Morgan fingerprint density at radius 3 is 2.67 bits per heavy atom. The first kappa shape index (κ1) is 21.5. The second-order valence-electron chi connectivity index (χ2n) is 6.84. The van der Waals surface area contributed by atoms with Gasteiger partial charge in [0.15, 0.2) is 0 Å². The van der Waals surface area contributed by atoms with Crippen LogP contribution in [0.5, 0.6) is 11.5 Å². The van der Waals surface area contributed by atoms with E-state index in [1.807, 2.05) is 37.3 Å². The van der Waals surface area contributed by atoms with E-state index in [-0.39, 0.29) is 12.4 Å². The van der Waals surface area contributed by atoms with Crippen molar-refractivity contribution in [1.82, 2.24) is 5.32 Å². The van der Waals surface area contributed by atoms with E-state index in [1.165, 1.54) is 11.1 Å². The van der Waals surface area contributed by atoms with Gasteiger partial charge in [-0.1, -0.05) is 24.3 Å². The average molecular weight is 392 g/mol. The Hall–Kier alpha value is -1.75. The number of fused-ring (bicyclic) bond motifs is 1. The van der Waals surface area contributed by atoms with Crippen LogP contribution in [0.15, 0.2) is 48.5 Å². The number of aliphatic hydroxyl groups excluding tert-OH is 1. The molecule has 1 unspecified atom stereocenters. The van der Waals surface area contributed by atoms with Crippen molar-refractivity contribution >= 4 is 12.4 Å². The normalized spacial score (nSPS) is 17.2. The highest BCUT2D eigenvalue weighted by atomic mass is 35.5. The first-order chi connectivity index (χ1) is 12.7. The van der Waals surface area contributed by atoms with Gasteiger partial charge in [-0.25, -0.2) is 0 Å². The highest BCUT2D eigenvalue weighted by Gasteiger charge is 2.18.